The summed E-state index contributed by atoms with van der Waals surface area (Å²) in [5, 5.41) is 16.4. The number of anilines is 1. The Morgan fingerprint density at radius 3 is 2.52 bits per heavy atom. The van der Waals surface area contributed by atoms with E-state index < -0.39 is 5.60 Å². The molecule has 1 fully saturated rings. The maximum Gasteiger partial charge on any atom is 0.238 e. The minimum atomic E-state index is -0.649. The monoisotopic (exact) mass is 354 g/mol. The van der Waals surface area contributed by atoms with E-state index in [0.717, 1.165) is 35.8 Å². The normalized spacial score (nSPS) is 18.0. The first-order valence-electron chi connectivity index (χ1n) is 7.57. The summed E-state index contributed by atoms with van der Waals surface area (Å²) in [6, 6.07) is 7.51. The lowest BCUT2D eigenvalue weighted by molar-refractivity contribution is -0.115. The van der Waals surface area contributed by atoms with Crippen LogP contribution in [0.3, 0.4) is 0 Å². The van der Waals surface area contributed by atoms with Crippen LogP contribution in [0.1, 0.15) is 38.5 Å². The number of nitrogens with one attached hydrogen (secondary N) is 2. The lowest BCUT2D eigenvalue weighted by Gasteiger charge is -2.26. The number of amides is 1. The molecule has 0 spiro atoms. The van der Waals surface area contributed by atoms with Crippen LogP contribution in [0.25, 0.3) is 0 Å². The predicted octanol–water partition coefficient (Wildman–Crippen LogP) is 3.06. The quantitative estimate of drug-likeness (QED) is 0.712. The van der Waals surface area contributed by atoms with E-state index in [2.05, 4.69) is 26.6 Å². The highest BCUT2D eigenvalue weighted by atomic mass is 79.9. The van der Waals surface area contributed by atoms with Crippen molar-refractivity contribution in [1.82, 2.24) is 5.32 Å². The summed E-state index contributed by atoms with van der Waals surface area (Å²) < 4.78 is 0.862. The van der Waals surface area contributed by atoms with Crippen molar-refractivity contribution in [3.8, 4) is 0 Å². The van der Waals surface area contributed by atoms with Gasteiger partial charge in [-0.05, 0) is 40.9 Å². The average molecular weight is 355 g/mol. The molecule has 1 aliphatic rings. The maximum absolute atomic E-state index is 11.9. The van der Waals surface area contributed by atoms with Gasteiger partial charge in [0.15, 0.2) is 0 Å². The average Bonchev–Trinajstić information content (AvgIpc) is 2.66. The van der Waals surface area contributed by atoms with Crippen molar-refractivity contribution in [3.63, 3.8) is 0 Å². The van der Waals surface area contributed by atoms with E-state index in [1.807, 2.05) is 24.3 Å². The van der Waals surface area contributed by atoms with E-state index in [4.69, 9.17) is 0 Å². The largest absolute Gasteiger partial charge is 0.389 e. The van der Waals surface area contributed by atoms with Gasteiger partial charge in [-0.1, -0.05) is 37.8 Å². The van der Waals surface area contributed by atoms with Gasteiger partial charge in [-0.15, -0.1) is 0 Å². The Morgan fingerprint density at radius 2 is 1.86 bits per heavy atom. The zero-order valence-electron chi connectivity index (χ0n) is 12.2. The number of carbonyl (C=O) groups is 1. The van der Waals surface area contributed by atoms with Crippen LogP contribution in [0.15, 0.2) is 28.7 Å². The van der Waals surface area contributed by atoms with E-state index in [1.165, 1.54) is 12.8 Å². The van der Waals surface area contributed by atoms with Gasteiger partial charge in [-0.3, -0.25) is 4.79 Å². The van der Waals surface area contributed by atoms with Crippen LogP contribution < -0.4 is 10.6 Å². The van der Waals surface area contributed by atoms with Crippen LogP contribution in [0.5, 0.6) is 0 Å². The van der Waals surface area contributed by atoms with Gasteiger partial charge < -0.3 is 15.7 Å². The first kappa shape index (κ1) is 16.5. The standard InChI is InChI=1S/C16H23BrN2O2/c17-13-7-3-4-8-14(13)19-15(20)11-18-12-16(21)9-5-1-2-6-10-16/h3-4,7-8,18,21H,1-2,5-6,9-12H2,(H,19,20). The van der Waals surface area contributed by atoms with Crippen LogP contribution in [-0.2, 0) is 4.79 Å². The molecule has 0 aliphatic heterocycles. The minimum Gasteiger partial charge on any atom is -0.389 e. The lowest BCUT2D eigenvalue weighted by atomic mass is 9.94. The summed E-state index contributed by atoms with van der Waals surface area (Å²) >= 11 is 3.40. The van der Waals surface area contributed by atoms with Crippen LogP contribution in [0.4, 0.5) is 5.69 Å². The molecule has 1 saturated carbocycles. The second kappa shape index (κ2) is 7.92. The summed E-state index contributed by atoms with van der Waals surface area (Å²) in [6.45, 7) is 0.694. The Bertz CT molecular complexity index is 471. The third-order valence-electron chi connectivity index (χ3n) is 3.92. The summed E-state index contributed by atoms with van der Waals surface area (Å²) in [6.07, 6.45) is 6.19. The molecule has 0 unspecified atom stereocenters. The molecule has 1 aromatic rings. The van der Waals surface area contributed by atoms with Crippen molar-refractivity contribution in [1.29, 1.82) is 0 Å². The zero-order chi connectivity index (χ0) is 15.1. The Hall–Kier alpha value is -0.910. The molecule has 5 heteroatoms. The molecule has 21 heavy (non-hydrogen) atoms. The molecule has 0 bridgehead atoms. The van der Waals surface area contributed by atoms with E-state index >= 15 is 0 Å². The van der Waals surface area contributed by atoms with E-state index in [-0.39, 0.29) is 12.5 Å². The Labute approximate surface area is 134 Å². The zero-order valence-corrected chi connectivity index (χ0v) is 13.8. The van der Waals surface area contributed by atoms with Crippen molar-refractivity contribution < 1.29 is 9.90 Å². The molecular weight excluding hydrogens is 332 g/mol. The van der Waals surface area contributed by atoms with Crippen molar-refractivity contribution in [3.05, 3.63) is 28.7 Å². The fraction of sp³-hybridized carbons (Fsp3) is 0.562. The van der Waals surface area contributed by atoms with E-state index in [9.17, 15) is 9.90 Å². The molecule has 0 aromatic heterocycles. The topological polar surface area (TPSA) is 61.4 Å². The van der Waals surface area contributed by atoms with Gasteiger partial charge in [0.05, 0.1) is 17.8 Å². The predicted molar refractivity (Wildman–Crippen MR) is 88.3 cm³/mol. The van der Waals surface area contributed by atoms with Crippen LogP contribution in [0.2, 0.25) is 0 Å². The molecule has 4 nitrogen and oxygen atoms in total. The van der Waals surface area contributed by atoms with Crippen molar-refractivity contribution >= 4 is 27.5 Å². The number of hydrogen-bond acceptors (Lipinski definition) is 3. The fourth-order valence-corrected chi connectivity index (χ4v) is 3.11. The van der Waals surface area contributed by atoms with Gasteiger partial charge >= 0.3 is 0 Å². The van der Waals surface area contributed by atoms with Gasteiger partial charge in [0.2, 0.25) is 5.91 Å². The molecule has 0 radical (unpaired) electrons. The van der Waals surface area contributed by atoms with E-state index in [0.29, 0.717) is 6.54 Å². The van der Waals surface area contributed by atoms with Crippen molar-refractivity contribution in [2.45, 2.75) is 44.1 Å². The molecular formula is C16H23BrN2O2. The third kappa shape index (κ3) is 5.41. The number of carbonyl (C=O) groups excluding carboxylic acids is 1. The van der Waals surface area contributed by atoms with Crippen molar-refractivity contribution in [2.24, 2.45) is 0 Å². The number of para-hydroxylation sites is 1. The fourth-order valence-electron chi connectivity index (χ4n) is 2.73. The minimum absolute atomic E-state index is 0.0980. The molecule has 0 heterocycles. The molecule has 1 amide bonds. The van der Waals surface area contributed by atoms with Crippen LogP contribution >= 0.6 is 15.9 Å². The highest BCUT2D eigenvalue weighted by Crippen LogP contribution is 2.26. The third-order valence-corrected chi connectivity index (χ3v) is 4.61. The summed E-state index contributed by atoms with van der Waals surface area (Å²) in [7, 11) is 0. The SMILES string of the molecule is O=C(CNCC1(O)CCCCCC1)Nc1ccccc1Br. The summed E-state index contributed by atoms with van der Waals surface area (Å²) in [5.74, 6) is -0.0980. The number of aliphatic hydroxyl groups is 1. The Kier molecular flexibility index (Phi) is 6.21. The smallest absolute Gasteiger partial charge is 0.238 e. The number of rotatable bonds is 5. The van der Waals surface area contributed by atoms with Crippen LogP contribution in [-0.4, -0.2) is 29.7 Å². The highest BCUT2D eigenvalue weighted by molar-refractivity contribution is 9.10. The molecule has 2 rings (SSSR count). The summed E-state index contributed by atoms with van der Waals surface area (Å²) in [4.78, 5) is 11.9. The molecule has 3 N–H and O–H groups in total. The Morgan fingerprint density at radius 1 is 1.19 bits per heavy atom. The van der Waals surface area contributed by atoms with Gasteiger partial charge in [-0.2, -0.15) is 0 Å². The number of benzene rings is 1. The second-order valence-electron chi connectivity index (χ2n) is 5.77. The van der Waals surface area contributed by atoms with Crippen molar-refractivity contribution in [2.75, 3.05) is 18.4 Å². The molecule has 0 atom stereocenters. The van der Waals surface area contributed by atoms with Gasteiger partial charge in [0.1, 0.15) is 0 Å². The molecule has 0 saturated heterocycles. The van der Waals surface area contributed by atoms with Gasteiger partial charge in [0, 0.05) is 11.0 Å². The summed E-state index contributed by atoms with van der Waals surface area (Å²) in [5.41, 5.74) is 0.113. The van der Waals surface area contributed by atoms with E-state index in [1.54, 1.807) is 0 Å². The molecule has 1 aromatic carbocycles. The number of hydrogen-bond donors (Lipinski definition) is 3. The maximum atomic E-state index is 11.9. The van der Waals surface area contributed by atoms with Gasteiger partial charge in [-0.25, -0.2) is 0 Å². The number of halogens is 1. The molecule has 116 valence electrons. The first-order chi connectivity index (χ1) is 10.1. The second-order valence-corrected chi connectivity index (χ2v) is 6.62. The first-order valence-corrected chi connectivity index (χ1v) is 8.36. The molecule has 1 aliphatic carbocycles. The van der Waals surface area contributed by atoms with Crippen LogP contribution in [0, 0.1) is 0 Å². The lowest BCUT2D eigenvalue weighted by Crippen LogP contribution is -2.42. The highest BCUT2D eigenvalue weighted by Gasteiger charge is 2.27. The Balaban J connectivity index is 1.75. The van der Waals surface area contributed by atoms with Gasteiger partial charge in [0.25, 0.3) is 0 Å².